The van der Waals surface area contributed by atoms with Gasteiger partial charge in [0.15, 0.2) is 5.75 Å². The number of carbonyl (C=O) groups excluding carboxylic acids is 1. The molecule has 2 N–H and O–H groups in total. The van der Waals surface area contributed by atoms with Crippen LogP contribution in [0.15, 0.2) is 17.0 Å². The number of nitrogens with zero attached hydrogens (tertiary/aromatic N) is 2. The SMILES string of the molecule is COc1c(C(=O)N(C)C)cc(Cl)cc1S(=O)(=O)N1CC[C@@H](N)C1.Cl. The van der Waals surface area contributed by atoms with Gasteiger partial charge in [-0.25, -0.2) is 8.42 Å². The predicted octanol–water partition coefficient (Wildman–Crippen LogP) is 1.19. The lowest BCUT2D eigenvalue weighted by atomic mass is 10.2. The van der Waals surface area contributed by atoms with Crippen LogP contribution in [0.5, 0.6) is 5.75 Å². The third-order valence-corrected chi connectivity index (χ3v) is 5.75. The first-order valence-corrected chi connectivity index (χ1v) is 8.85. The number of benzene rings is 1. The summed E-state index contributed by atoms with van der Waals surface area (Å²) >= 11 is 6.04. The molecule has 0 aliphatic carbocycles. The van der Waals surface area contributed by atoms with Crippen LogP contribution in [-0.4, -0.2) is 63.9 Å². The molecule has 10 heteroatoms. The second-order valence-corrected chi connectivity index (χ2v) is 7.94. The van der Waals surface area contributed by atoms with E-state index in [1.54, 1.807) is 14.1 Å². The van der Waals surface area contributed by atoms with Crippen LogP contribution in [0, 0.1) is 0 Å². The number of halogens is 2. The van der Waals surface area contributed by atoms with Crippen LogP contribution in [-0.2, 0) is 10.0 Å². The highest BCUT2D eigenvalue weighted by Gasteiger charge is 2.35. The molecular formula is C14H21Cl2N3O4S. The number of rotatable bonds is 4. The number of sulfonamides is 1. The lowest BCUT2D eigenvalue weighted by Crippen LogP contribution is -2.32. The monoisotopic (exact) mass is 397 g/mol. The Balaban J connectivity index is 0.00000288. The van der Waals surface area contributed by atoms with Gasteiger partial charge < -0.3 is 15.4 Å². The Morgan fingerprint density at radius 1 is 1.42 bits per heavy atom. The molecule has 1 amide bonds. The summed E-state index contributed by atoms with van der Waals surface area (Å²) in [6, 6.07) is 2.50. The molecule has 24 heavy (non-hydrogen) atoms. The Morgan fingerprint density at radius 3 is 2.50 bits per heavy atom. The van der Waals surface area contributed by atoms with Gasteiger partial charge in [-0.2, -0.15) is 4.31 Å². The van der Waals surface area contributed by atoms with Gasteiger partial charge in [0.25, 0.3) is 5.91 Å². The number of hydrogen-bond donors (Lipinski definition) is 1. The van der Waals surface area contributed by atoms with Gasteiger partial charge in [-0.1, -0.05) is 11.6 Å². The number of methoxy groups -OCH3 is 1. The molecule has 136 valence electrons. The Labute approximate surface area is 153 Å². The van der Waals surface area contributed by atoms with Crippen molar-refractivity contribution >= 4 is 39.9 Å². The first-order chi connectivity index (χ1) is 10.7. The summed E-state index contributed by atoms with van der Waals surface area (Å²) in [4.78, 5) is 13.5. The zero-order chi connectivity index (χ0) is 17.4. The van der Waals surface area contributed by atoms with Crippen molar-refractivity contribution in [1.82, 2.24) is 9.21 Å². The third-order valence-electron chi connectivity index (χ3n) is 3.67. The van der Waals surface area contributed by atoms with Crippen LogP contribution in [0.25, 0.3) is 0 Å². The average Bonchev–Trinajstić information content (AvgIpc) is 2.92. The number of nitrogens with two attached hydrogens (primary N) is 1. The van der Waals surface area contributed by atoms with Gasteiger partial charge in [0.2, 0.25) is 10.0 Å². The zero-order valence-corrected chi connectivity index (χ0v) is 16.0. The van der Waals surface area contributed by atoms with Gasteiger partial charge in [0, 0.05) is 38.2 Å². The molecule has 1 aromatic carbocycles. The van der Waals surface area contributed by atoms with Crippen LogP contribution in [0.3, 0.4) is 0 Å². The minimum absolute atomic E-state index is 0. The summed E-state index contributed by atoms with van der Waals surface area (Å²) in [6.45, 7) is 0.561. The summed E-state index contributed by atoms with van der Waals surface area (Å²) in [5.41, 5.74) is 5.90. The van der Waals surface area contributed by atoms with E-state index in [9.17, 15) is 13.2 Å². The molecule has 0 spiro atoms. The second-order valence-electron chi connectivity index (χ2n) is 5.60. The first-order valence-electron chi connectivity index (χ1n) is 7.03. The third kappa shape index (κ3) is 3.94. The molecule has 1 atom stereocenters. The number of ether oxygens (including phenoxy) is 1. The Kier molecular flexibility index (Phi) is 6.89. The fourth-order valence-corrected chi connectivity index (χ4v) is 4.48. The summed E-state index contributed by atoms with van der Waals surface area (Å²) in [7, 11) is 0.610. The van der Waals surface area contributed by atoms with Crippen molar-refractivity contribution in [1.29, 1.82) is 0 Å². The topological polar surface area (TPSA) is 92.9 Å². The maximum absolute atomic E-state index is 12.9. The lowest BCUT2D eigenvalue weighted by Gasteiger charge is -2.21. The minimum Gasteiger partial charge on any atom is -0.494 e. The molecule has 1 aliphatic heterocycles. The molecule has 1 heterocycles. The average molecular weight is 398 g/mol. The van der Waals surface area contributed by atoms with Crippen LogP contribution in [0.1, 0.15) is 16.8 Å². The molecule has 0 radical (unpaired) electrons. The molecule has 1 aromatic rings. The van der Waals surface area contributed by atoms with Gasteiger partial charge in [-0.15, -0.1) is 12.4 Å². The normalized spacial score (nSPS) is 18.1. The summed E-state index contributed by atoms with van der Waals surface area (Å²) in [5, 5.41) is 0.151. The van der Waals surface area contributed by atoms with E-state index >= 15 is 0 Å². The van der Waals surface area contributed by atoms with E-state index in [-0.39, 0.29) is 52.1 Å². The van der Waals surface area contributed by atoms with Crippen LogP contribution >= 0.6 is 24.0 Å². The van der Waals surface area contributed by atoms with Gasteiger partial charge in [0.1, 0.15) is 4.90 Å². The van der Waals surface area contributed by atoms with E-state index < -0.39 is 10.0 Å². The molecule has 0 unspecified atom stereocenters. The first kappa shape index (κ1) is 21.0. The molecule has 1 fully saturated rings. The lowest BCUT2D eigenvalue weighted by molar-refractivity contribution is 0.0823. The second kappa shape index (κ2) is 7.88. The number of amides is 1. The summed E-state index contributed by atoms with van der Waals surface area (Å²) in [5.74, 6) is -0.396. The van der Waals surface area contributed by atoms with E-state index in [0.29, 0.717) is 13.0 Å². The van der Waals surface area contributed by atoms with E-state index in [1.807, 2.05) is 0 Å². The van der Waals surface area contributed by atoms with Crippen molar-refractivity contribution in [3.63, 3.8) is 0 Å². The molecule has 1 saturated heterocycles. The van der Waals surface area contributed by atoms with Gasteiger partial charge >= 0.3 is 0 Å². The maximum Gasteiger partial charge on any atom is 0.257 e. The van der Waals surface area contributed by atoms with Crippen LogP contribution in [0.4, 0.5) is 0 Å². The van der Waals surface area contributed by atoms with Gasteiger partial charge in [0.05, 0.1) is 12.7 Å². The zero-order valence-electron chi connectivity index (χ0n) is 13.7. The van der Waals surface area contributed by atoms with Crippen molar-refractivity contribution < 1.29 is 17.9 Å². The summed E-state index contributed by atoms with van der Waals surface area (Å²) in [6.07, 6.45) is 0.589. The molecule has 0 saturated carbocycles. The molecule has 0 aromatic heterocycles. The standard InChI is InChI=1S/C14H20ClN3O4S.ClH/c1-17(2)14(19)11-6-9(15)7-12(13(11)22-3)23(20,21)18-5-4-10(16)8-18;/h6-7,10H,4-5,8,16H2,1-3H3;1H/t10-;/m1./s1. The smallest absolute Gasteiger partial charge is 0.257 e. The highest BCUT2D eigenvalue weighted by molar-refractivity contribution is 7.89. The van der Waals surface area contributed by atoms with Crippen molar-refractivity contribution in [3.05, 3.63) is 22.7 Å². The highest BCUT2D eigenvalue weighted by atomic mass is 35.5. The largest absolute Gasteiger partial charge is 0.494 e. The van der Waals surface area contributed by atoms with Crippen molar-refractivity contribution in [2.24, 2.45) is 5.73 Å². The maximum atomic E-state index is 12.9. The molecule has 7 nitrogen and oxygen atoms in total. The fraction of sp³-hybridized carbons (Fsp3) is 0.500. The fourth-order valence-electron chi connectivity index (χ4n) is 2.48. The van der Waals surface area contributed by atoms with E-state index in [0.717, 1.165) is 0 Å². The Hall–Kier alpha value is -1.06. The molecular weight excluding hydrogens is 377 g/mol. The van der Waals surface area contributed by atoms with Gasteiger partial charge in [-0.05, 0) is 18.6 Å². The number of carbonyl (C=O) groups is 1. The Morgan fingerprint density at radius 2 is 2.04 bits per heavy atom. The summed E-state index contributed by atoms with van der Waals surface area (Å²) < 4.78 is 32.2. The van der Waals surface area contributed by atoms with E-state index in [2.05, 4.69) is 0 Å². The van der Waals surface area contributed by atoms with E-state index in [1.165, 1.54) is 28.4 Å². The highest BCUT2D eigenvalue weighted by Crippen LogP contribution is 2.35. The molecule has 0 bridgehead atoms. The van der Waals surface area contributed by atoms with Crippen molar-refractivity contribution in [3.8, 4) is 5.75 Å². The molecule has 1 aliphatic rings. The van der Waals surface area contributed by atoms with Gasteiger partial charge in [-0.3, -0.25) is 4.79 Å². The number of hydrogen-bond acceptors (Lipinski definition) is 5. The Bertz CT molecular complexity index is 725. The van der Waals surface area contributed by atoms with E-state index in [4.69, 9.17) is 22.1 Å². The van der Waals surface area contributed by atoms with Crippen molar-refractivity contribution in [2.75, 3.05) is 34.3 Å². The quantitative estimate of drug-likeness (QED) is 0.823. The van der Waals surface area contributed by atoms with Crippen LogP contribution in [0.2, 0.25) is 5.02 Å². The molecule has 2 rings (SSSR count). The van der Waals surface area contributed by atoms with Crippen LogP contribution < -0.4 is 10.5 Å². The van der Waals surface area contributed by atoms with Crippen molar-refractivity contribution in [2.45, 2.75) is 17.4 Å². The minimum atomic E-state index is -3.85. The predicted molar refractivity (Wildman–Crippen MR) is 94.6 cm³/mol.